The summed E-state index contributed by atoms with van der Waals surface area (Å²) in [5.41, 5.74) is 3.63. The van der Waals surface area contributed by atoms with E-state index in [1.165, 1.54) is 6.33 Å². The fourth-order valence-electron chi connectivity index (χ4n) is 7.19. The molecule has 2 aromatic rings. The lowest BCUT2D eigenvalue weighted by molar-refractivity contribution is -0.130. The summed E-state index contributed by atoms with van der Waals surface area (Å²) in [5, 5.41) is 0.606. The summed E-state index contributed by atoms with van der Waals surface area (Å²) in [4.78, 5) is 55.2. The summed E-state index contributed by atoms with van der Waals surface area (Å²) >= 11 is 6.45. The van der Waals surface area contributed by atoms with Gasteiger partial charge in [-0.25, -0.2) is 14.8 Å². The van der Waals surface area contributed by atoms with Crippen LogP contribution in [0.15, 0.2) is 24.5 Å². The van der Waals surface area contributed by atoms with E-state index in [0.29, 0.717) is 61.8 Å². The molecule has 44 heavy (non-hydrogen) atoms. The maximum Gasteiger partial charge on any atom is 0.414 e. The van der Waals surface area contributed by atoms with Gasteiger partial charge in [-0.15, -0.1) is 0 Å². The average molecular weight is 625 g/mol. The molecule has 10 nitrogen and oxygen atoms in total. The molecule has 4 heterocycles. The Balaban J connectivity index is 1.20. The average Bonchev–Trinajstić information content (AvgIpc) is 3.36. The molecule has 0 spiro atoms. The lowest BCUT2D eigenvalue weighted by Gasteiger charge is -2.32. The van der Waals surface area contributed by atoms with Crippen LogP contribution >= 0.6 is 11.6 Å². The van der Waals surface area contributed by atoms with Gasteiger partial charge in [-0.05, 0) is 51.4 Å². The van der Waals surface area contributed by atoms with Crippen molar-refractivity contribution in [2.75, 3.05) is 57.3 Å². The molecule has 3 aliphatic heterocycles. The number of piperidine rings is 1. The maximum absolute atomic E-state index is 13.5. The third-order valence-corrected chi connectivity index (χ3v) is 10.5. The number of amides is 3. The van der Waals surface area contributed by atoms with Crippen LogP contribution in [0.1, 0.15) is 67.3 Å². The number of benzene rings is 1. The van der Waals surface area contributed by atoms with Gasteiger partial charge in [-0.1, -0.05) is 31.5 Å². The number of hydrogen-bond donors (Lipinski definition) is 0. The molecule has 0 aliphatic carbocycles. The Morgan fingerprint density at radius 2 is 1.59 bits per heavy atom. The van der Waals surface area contributed by atoms with Crippen molar-refractivity contribution in [3.63, 3.8) is 0 Å². The number of likely N-dealkylation sites (tertiary alicyclic amines) is 3. The van der Waals surface area contributed by atoms with E-state index >= 15 is 0 Å². The number of nitrogens with zero attached hydrogens (tertiary/aromatic N) is 6. The van der Waals surface area contributed by atoms with Gasteiger partial charge in [-0.3, -0.25) is 14.5 Å². The van der Waals surface area contributed by atoms with Crippen molar-refractivity contribution in [3.05, 3.63) is 52.1 Å². The Bertz CT molecular complexity index is 1390. The largest absolute Gasteiger partial charge is 0.446 e. The Labute approximate surface area is 265 Å². The van der Waals surface area contributed by atoms with Crippen LogP contribution in [0, 0.1) is 31.6 Å². The van der Waals surface area contributed by atoms with Gasteiger partial charge in [0.15, 0.2) is 0 Å². The SMILES string of the molecule is CC(=O)N1CCC(OC(=O)N(CCCN2CC3(C)CN(C(=O)c4c(C)ncnc4C)CC3(C)C2)c2ccc(C)c(Cl)c2)CC1. The number of rotatable bonds is 7. The number of halogens is 1. The highest BCUT2D eigenvalue weighted by Gasteiger charge is 2.58. The molecule has 0 radical (unpaired) electrons. The summed E-state index contributed by atoms with van der Waals surface area (Å²) in [5.74, 6) is 0.0663. The summed E-state index contributed by atoms with van der Waals surface area (Å²) < 4.78 is 5.95. The number of carbonyl (C=O) groups is 3. The molecule has 3 saturated heterocycles. The third-order valence-electron chi connectivity index (χ3n) is 10.1. The minimum atomic E-state index is -0.381. The van der Waals surface area contributed by atoms with E-state index in [9.17, 15) is 14.4 Å². The van der Waals surface area contributed by atoms with Crippen LogP contribution in [0.4, 0.5) is 10.5 Å². The van der Waals surface area contributed by atoms with Crippen LogP contribution in [-0.4, -0.2) is 101 Å². The second-order valence-electron chi connectivity index (χ2n) is 13.4. The number of aromatic nitrogens is 2. The lowest BCUT2D eigenvalue weighted by Crippen LogP contribution is -2.43. The number of anilines is 1. The molecule has 3 aliphatic rings. The molecule has 11 heteroatoms. The Morgan fingerprint density at radius 1 is 0.977 bits per heavy atom. The molecule has 3 fully saturated rings. The first-order valence-corrected chi connectivity index (χ1v) is 16.0. The topological polar surface area (TPSA) is 99.2 Å². The number of hydrogen-bond acceptors (Lipinski definition) is 7. The van der Waals surface area contributed by atoms with Gasteiger partial charge >= 0.3 is 6.09 Å². The molecule has 0 saturated carbocycles. The van der Waals surface area contributed by atoms with Crippen LogP contribution in [0.25, 0.3) is 0 Å². The van der Waals surface area contributed by atoms with Gasteiger partial charge in [0.25, 0.3) is 5.91 Å². The maximum atomic E-state index is 13.5. The second kappa shape index (κ2) is 12.6. The van der Waals surface area contributed by atoms with Crippen molar-refractivity contribution in [1.82, 2.24) is 24.7 Å². The normalized spacial score (nSPS) is 24.0. The fourth-order valence-corrected chi connectivity index (χ4v) is 7.36. The van der Waals surface area contributed by atoms with E-state index in [4.69, 9.17) is 16.3 Å². The van der Waals surface area contributed by atoms with Gasteiger partial charge in [0.1, 0.15) is 12.4 Å². The van der Waals surface area contributed by atoms with Crippen LogP contribution in [-0.2, 0) is 9.53 Å². The smallest absolute Gasteiger partial charge is 0.414 e. The van der Waals surface area contributed by atoms with E-state index in [1.54, 1.807) is 16.7 Å². The number of ether oxygens (including phenoxy) is 1. The van der Waals surface area contributed by atoms with E-state index in [2.05, 4.69) is 28.7 Å². The predicted molar refractivity (Wildman–Crippen MR) is 170 cm³/mol. The Hall–Kier alpha value is -3.24. The van der Waals surface area contributed by atoms with Crippen molar-refractivity contribution >= 4 is 35.2 Å². The molecule has 3 amide bonds. The zero-order valence-electron chi connectivity index (χ0n) is 26.9. The van der Waals surface area contributed by atoms with E-state index in [1.807, 2.05) is 43.9 Å². The van der Waals surface area contributed by atoms with Crippen LogP contribution in [0.2, 0.25) is 5.02 Å². The first-order chi connectivity index (χ1) is 20.8. The van der Waals surface area contributed by atoms with Crippen molar-refractivity contribution in [3.8, 4) is 0 Å². The zero-order valence-corrected chi connectivity index (χ0v) is 27.6. The standard InChI is InChI=1S/C33H45ClN6O4/c1-22-8-9-26(16-28(22)34)40(31(43)44-27-10-14-38(15-11-27)25(4)41)13-7-12-37-17-32(5)19-39(20-33(32,6)18-37)30(42)29-23(2)35-21-36-24(29)3/h8-9,16,21,27H,7,10-15,17-20H2,1-6H3. The summed E-state index contributed by atoms with van der Waals surface area (Å²) in [7, 11) is 0. The van der Waals surface area contributed by atoms with Crippen molar-refractivity contribution in [1.29, 1.82) is 0 Å². The van der Waals surface area contributed by atoms with Gasteiger partial charge < -0.3 is 19.4 Å². The van der Waals surface area contributed by atoms with Crippen molar-refractivity contribution < 1.29 is 19.1 Å². The molecule has 2 unspecified atom stereocenters. The quantitative estimate of drug-likeness (QED) is 0.433. The molecule has 238 valence electrons. The molecule has 5 rings (SSSR count). The number of carbonyl (C=O) groups excluding carboxylic acids is 3. The molecule has 0 N–H and O–H groups in total. The summed E-state index contributed by atoms with van der Waals surface area (Å²) in [6, 6.07) is 5.66. The van der Waals surface area contributed by atoms with Gasteiger partial charge in [0.2, 0.25) is 5.91 Å². The minimum Gasteiger partial charge on any atom is -0.446 e. The monoisotopic (exact) mass is 624 g/mol. The van der Waals surface area contributed by atoms with E-state index in [0.717, 1.165) is 43.0 Å². The van der Waals surface area contributed by atoms with Crippen molar-refractivity contribution in [2.45, 2.75) is 66.9 Å². The van der Waals surface area contributed by atoms with Crippen LogP contribution in [0.5, 0.6) is 0 Å². The van der Waals surface area contributed by atoms with Crippen LogP contribution in [0.3, 0.4) is 0 Å². The fraction of sp³-hybridized carbons (Fsp3) is 0.606. The van der Waals surface area contributed by atoms with E-state index in [-0.39, 0.29) is 34.8 Å². The highest BCUT2D eigenvalue weighted by molar-refractivity contribution is 6.31. The van der Waals surface area contributed by atoms with Crippen molar-refractivity contribution in [2.24, 2.45) is 10.8 Å². The molecule has 0 bridgehead atoms. The predicted octanol–water partition coefficient (Wildman–Crippen LogP) is 4.88. The highest BCUT2D eigenvalue weighted by atomic mass is 35.5. The molecule has 2 atom stereocenters. The summed E-state index contributed by atoms with van der Waals surface area (Å²) in [6.45, 7) is 17.5. The van der Waals surface area contributed by atoms with E-state index < -0.39 is 0 Å². The molecular weight excluding hydrogens is 580 g/mol. The van der Waals surface area contributed by atoms with Gasteiger partial charge in [0, 0.05) is 87.1 Å². The lowest BCUT2D eigenvalue weighted by atomic mass is 9.71. The first-order valence-electron chi connectivity index (χ1n) is 15.6. The molecule has 1 aromatic carbocycles. The first kappa shape index (κ1) is 32.2. The Kier molecular flexibility index (Phi) is 9.23. The second-order valence-corrected chi connectivity index (χ2v) is 13.8. The Morgan fingerprint density at radius 3 is 2.16 bits per heavy atom. The number of aryl methyl sites for hydroxylation is 3. The zero-order chi connectivity index (χ0) is 31.8. The van der Waals surface area contributed by atoms with Gasteiger partial charge in [-0.2, -0.15) is 0 Å². The molecular formula is C33H45ClN6O4. The minimum absolute atomic E-state index is 0.0156. The molecule has 1 aromatic heterocycles. The summed E-state index contributed by atoms with van der Waals surface area (Å²) in [6.07, 6.45) is 2.93. The number of fused-ring (bicyclic) bond motifs is 1. The highest BCUT2D eigenvalue weighted by Crippen LogP contribution is 2.51. The van der Waals surface area contributed by atoms with Crippen LogP contribution < -0.4 is 4.90 Å². The van der Waals surface area contributed by atoms with Gasteiger partial charge in [0.05, 0.1) is 17.0 Å². The third kappa shape index (κ3) is 6.42.